The fraction of sp³-hybridized carbons (Fsp3) is 0.548. The van der Waals surface area contributed by atoms with E-state index in [1.807, 2.05) is 63.5 Å². The number of carbonyl (C=O) groups is 6. The molecule has 6 fully saturated rings. The molecule has 4 bridgehead atoms. The highest BCUT2D eigenvalue weighted by atomic mass is 16.6. The second kappa shape index (κ2) is 25.5. The van der Waals surface area contributed by atoms with E-state index in [0.29, 0.717) is 71.3 Å². The molecular formula is C62H82N16O9. The fourth-order valence-electron chi connectivity index (χ4n) is 12.5. The van der Waals surface area contributed by atoms with Crippen LogP contribution in [0.4, 0.5) is 33.1 Å². The van der Waals surface area contributed by atoms with E-state index in [1.165, 1.54) is 25.1 Å². The van der Waals surface area contributed by atoms with Gasteiger partial charge in [-0.25, -0.2) is 34.3 Å². The third-order valence-electron chi connectivity index (χ3n) is 16.6. The average molecular weight is 1200 g/mol. The number of piperazine rings is 2. The minimum Gasteiger partial charge on any atom is -0.478 e. The number of pyridine rings is 2. The van der Waals surface area contributed by atoms with Gasteiger partial charge >= 0.3 is 18.2 Å². The Morgan fingerprint density at radius 3 is 1.38 bits per heavy atom. The van der Waals surface area contributed by atoms with Gasteiger partial charge in [-0.1, -0.05) is 38.5 Å². The van der Waals surface area contributed by atoms with Crippen molar-refractivity contribution in [3.05, 3.63) is 83.7 Å². The molecule has 4 aliphatic heterocycles. The smallest absolute Gasteiger partial charge is 0.410 e. The lowest BCUT2D eigenvalue weighted by Gasteiger charge is -2.35. The van der Waals surface area contributed by atoms with Gasteiger partial charge in [-0.05, 0) is 116 Å². The van der Waals surface area contributed by atoms with Crippen molar-refractivity contribution in [2.45, 2.75) is 166 Å². The van der Waals surface area contributed by atoms with Crippen molar-refractivity contribution in [1.82, 2.24) is 68.9 Å². The lowest BCUT2D eigenvalue weighted by molar-refractivity contribution is 0.0125. The van der Waals surface area contributed by atoms with E-state index in [0.717, 1.165) is 93.7 Å². The van der Waals surface area contributed by atoms with Crippen molar-refractivity contribution < 1.29 is 43.3 Å². The lowest BCUT2D eigenvalue weighted by atomic mass is 9.95. The van der Waals surface area contributed by atoms with E-state index >= 15 is 0 Å². The maximum absolute atomic E-state index is 13.3. The Morgan fingerprint density at radius 2 is 1.00 bits per heavy atom. The van der Waals surface area contributed by atoms with Gasteiger partial charge in [0.15, 0.2) is 0 Å². The number of carboxylic acids is 1. The summed E-state index contributed by atoms with van der Waals surface area (Å²) in [7, 11) is 7.01. The van der Waals surface area contributed by atoms with Crippen LogP contribution in [0.1, 0.15) is 172 Å². The molecule has 4 saturated heterocycles. The summed E-state index contributed by atoms with van der Waals surface area (Å²) in [4.78, 5) is 110. The van der Waals surface area contributed by atoms with Crippen molar-refractivity contribution in [2.24, 2.45) is 0 Å². The average Bonchev–Trinajstić information content (AvgIpc) is 1.90. The van der Waals surface area contributed by atoms with Crippen LogP contribution >= 0.6 is 0 Å². The molecule has 0 radical (unpaired) electrons. The molecule has 4 N–H and O–H groups in total. The van der Waals surface area contributed by atoms with E-state index in [-0.39, 0.29) is 65.2 Å². The SMILES string of the molecule is CC(C)(C)OC(=O)N1CC2CC1CN2.CN(C)C(=O)c1cc2cnc(Nc3ccc(C(=O)N4CC5CC4CN5C(=O)OC(C)(C)C)cn3)nc2n1C1CCCCC1.CN(C)C(=O)c1cc2cnc(Nc3ccc(C(=O)O)cn3)nc2n1C1CCCCC1. The molecule has 10 heterocycles. The fourth-order valence-corrected chi connectivity index (χ4v) is 12.5. The van der Waals surface area contributed by atoms with E-state index < -0.39 is 11.6 Å². The van der Waals surface area contributed by atoms with Crippen LogP contribution < -0.4 is 16.0 Å². The molecule has 6 aliphatic rings. The number of nitrogens with one attached hydrogen (secondary N) is 3. The molecule has 6 aromatic rings. The third kappa shape index (κ3) is 14.2. The summed E-state index contributed by atoms with van der Waals surface area (Å²) < 4.78 is 15.0. The molecule has 0 spiro atoms. The molecule has 87 heavy (non-hydrogen) atoms. The number of hydrogen-bond acceptors (Lipinski definition) is 17. The standard InChI is InChI=1S/C31H40N8O4.C21H24N6O3.C10H18N2O2/c1-31(2,3)43-30(42)38-18-22-14-23(38)17-37(22)27(40)19-11-12-25(32-15-19)34-29-33-16-20-13-24(28(41)36(4)5)39(26(20)35-29)21-9-7-6-8-10-21;1-26(2)19(28)16-10-14-12-23-21(24-17-9-8-13(11-22-17)20(29)30)25-18(14)27(16)15-6-4-3-5-7-15;1-10(2,3)14-9(13)12-6-7-4-8(12)5-11-7/h11-13,15-16,21-23H,6-10,14,17-18H2,1-5H3,(H,32,33,34,35);8-12,15H,3-7H2,1-2H3,(H,29,30)(H,22,23,24,25);7-8,11H,4-6H2,1-3H3. The zero-order valence-electron chi connectivity index (χ0n) is 51.6. The number of amides is 5. The number of aromatic nitrogens is 8. The van der Waals surface area contributed by atoms with E-state index in [9.17, 15) is 28.8 Å². The Hall–Kier alpha value is -8.48. The molecule has 25 nitrogen and oxygen atoms in total. The zero-order valence-corrected chi connectivity index (χ0v) is 51.6. The molecule has 2 aliphatic carbocycles. The highest BCUT2D eigenvalue weighted by molar-refractivity contribution is 5.99. The quantitative estimate of drug-likeness (QED) is 0.0995. The molecule has 4 atom stereocenters. The van der Waals surface area contributed by atoms with Gasteiger partial charge < -0.3 is 64.2 Å². The number of anilines is 4. The number of fused-ring (bicyclic) bond motifs is 6. The van der Waals surface area contributed by atoms with Crippen molar-refractivity contribution in [3.8, 4) is 0 Å². The first-order chi connectivity index (χ1) is 41.4. The van der Waals surface area contributed by atoms with Crippen molar-refractivity contribution in [3.63, 3.8) is 0 Å². The highest BCUT2D eigenvalue weighted by Gasteiger charge is 2.48. The molecule has 2 saturated carbocycles. The van der Waals surface area contributed by atoms with Gasteiger partial charge in [0.25, 0.3) is 17.7 Å². The van der Waals surface area contributed by atoms with Gasteiger partial charge in [0.2, 0.25) is 11.9 Å². The molecule has 4 unspecified atom stereocenters. The minimum absolute atomic E-state index is 0.0346. The number of likely N-dealkylation sites (tertiary alicyclic amines) is 3. The Balaban J connectivity index is 0.000000164. The Bertz CT molecular complexity index is 3500. The van der Waals surface area contributed by atoms with Gasteiger partial charge in [-0.2, -0.15) is 9.97 Å². The van der Waals surface area contributed by atoms with Crippen molar-refractivity contribution in [2.75, 3.05) is 65.0 Å². The largest absolute Gasteiger partial charge is 0.478 e. The van der Waals surface area contributed by atoms with E-state index in [1.54, 1.807) is 79.7 Å². The number of carbonyl (C=O) groups excluding carboxylic acids is 5. The summed E-state index contributed by atoms with van der Waals surface area (Å²) in [6.45, 7) is 13.9. The topological polar surface area (TPSA) is 281 Å². The first-order valence-electron chi connectivity index (χ1n) is 30.3. The van der Waals surface area contributed by atoms with Gasteiger partial charge in [-0.3, -0.25) is 14.4 Å². The second-order valence-electron chi connectivity index (χ2n) is 25.9. The predicted octanol–water partition coefficient (Wildman–Crippen LogP) is 9.05. The Kier molecular flexibility index (Phi) is 18.0. The maximum Gasteiger partial charge on any atom is 0.410 e. The van der Waals surface area contributed by atoms with Crippen LogP contribution in [0.5, 0.6) is 0 Å². The number of hydrogen-bond donors (Lipinski definition) is 4. The molecule has 25 heteroatoms. The summed E-state index contributed by atoms with van der Waals surface area (Å²) in [6.07, 6.45) is 18.6. The number of nitrogens with zero attached hydrogens (tertiary/aromatic N) is 13. The van der Waals surface area contributed by atoms with Crippen molar-refractivity contribution >= 4 is 81.5 Å². The van der Waals surface area contributed by atoms with Crippen molar-refractivity contribution in [1.29, 1.82) is 0 Å². The molecule has 6 aromatic heterocycles. The minimum atomic E-state index is -1.03. The Labute approximate surface area is 506 Å². The summed E-state index contributed by atoms with van der Waals surface area (Å²) in [6, 6.07) is 11.5. The van der Waals surface area contributed by atoms with Crippen LogP contribution in [0, 0.1) is 0 Å². The summed E-state index contributed by atoms with van der Waals surface area (Å²) in [5.41, 5.74) is 2.35. The summed E-state index contributed by atoms with van der Waals surface area (Å²) >= 11 is 0. The van der Waals surface area contributed by atoms with Crippen LogP contribution in [0.2, 0.25) is 0 Å². The van der Waals surface area contributed by atoms with Gasteiger partial charge in [-0.15, -0.1) is 0 Å². The van der Waals surface area contributed by atoms with Crippen LogP contribution in [0.3, 0.4) is 0 Å². The lowest BCUT2D eigenvalue weighted by Crippen LogP contribution is -2.51. The van der Waals surface area contributed by atoms with Gasteiger partial charge in [0.1, 0.15) is 45.5 Å². The van der Waals surface area contributed by atoms with Crippen LogP contribution in [0.25, 0.3) is 22.1 Å². The van der Waals surface area contributed by atoms with Crippen LogP contribution in [-0.4, -0.2) is 194 Å². The number of carboxylic acid groups (broad SMARTS) is 1. The molecule has 12 rings (SSSR count). The highest BCUT2D eigenvalue weighted by Crippen LogP contribution is 2.37. The van der Waals surface area contributed by atoms with E-state index in [2.05, 4.69) is 50.0 Å². The molecule has 5 amide bonds. The van der Waals surface area contributed by atoms with Gasteiger partial charge in [0, 0.05) is 114 Å². The summed E-state index contributed by atoms with van der Waals surface area (Å²) in [5.74, 6) is 0.429. The third-order valence-corrected chi connectivity index (χ3v) is 16.6. The zero-order chi connectivity index (χ0) is 62.1. The Morgan fingerprint density at radius 1 is 0.552 bits per heavy atom. The number of ether oxygens (including phenoxy) is 2. The molecular weight excluding hydrogens is 1110 g/mol. The molecule has 464 valence electrons. The van der Waals surface area contributed by atoms with E-state index in [4.69, 9.17) is 19.6 Å². The number of rotatable bonds is 10. The maximum atomic E-state index is 13.3. The van der Waals surface area contributed by atoms with Crippen LogP contribution in [-0.2, 0) is 9.47 Å². The number of aromatic carboxylic acids is 1. The van der Waals surface area contributed by atoms with Crippen LogP contribution in [0.15, 0.2) is 61.2 Å². The monoisotopic (exact) mass is 1190 g/mol. The second-order valence-corrected chi connectivity index (χ2v) is 25.9. The predicted molar refractivity (Wildman–Crippen MR) is 327 cm³/mol. The first-order valence-corrected chi connectivity index (χ1v) is 30.3. The normalized spacial score (nSPS) is 20.1. The molecule has 0 aromatic carbocycles. The van der Waals surface area contributed by atoms with Gasteiger partial charge in [0.05, 0.1) is 23.2 Å². The first kappa shape index (κ1) is 61.6. The summed E-state index contributed by atoms with van der Waals surface area (Å²) in [5, 5.41) is 20.2.